The molecule has 0 aromatic carbocycles. The van der Waals surface area contributed by atoms with Crippen LogP contribution in [0.1, 0.15) is 41.5 Å². The van der Waals surface area contributed by atoms with Crippen molar-refractivity contribution in [2.45, 2.75) is 41.5 Å². The summed E-state index contributed by atoms with van der Waals surface area (Å²) in [4.78, 5) is 59.9. The Hall–Kier alpha value is -1.99. The molecule has 0 saturated carbocycles. The molecular weight excluding hydrogens is 527 g/mol. The molecule has 0 unspecified atom stereocenters. The van der Waals surface area contributed by atoms with Crippen molar-refractivity contribution in [1.29, 1.82) is 0 Å². The van der Waals surface area contributed by atoms with Crippen LogP contribution in [0.4, 0.5) is 0 Å². The second-order valence-corrected chi connectivity index (χ2v) is 7.16. The van der Waals surface area contributed by atoms with Crippen molar-refractivity contribution in [2.24, 2.45) is 0 Å². The first-order chi connectivity index (χ1) is 16.9. The fourth-order valence-electron chi connectivity index (χ4n) is 1.96. The summed E-state index contributed by atoms with van der Waals surface area (Å²) in [6.07, 6.45) is 3.17. The van der Waals surface area contributed by atoms with Gasteiger partial charge in [-0.3, -0.25) is 19.3 Å². The SMILES string of the molecule is C1COCCOCCOCCOCCO1.CC(=O)[CH-]C(C)=O.CC(=O)[CH-]C(C)=O.CC(=O)[CH-]C(C)=O.[V]. The third kappa shape index (κ3) is 55.7. The van der Waals surface area contributed by atoms with Crippen LogP contribution in [0.5, 0.6) is 0 Å². The Morgan fingerprint density at radius 1 is 0.351 bits per heavy atom. The monoisotopic (exact) mass is 568 g/mol. The van der Waals surface area contributed by atoms with Crippen molar-refractivity contribution >= 4 is 34.7 Å². The number of hydrogen-bond donors (Lipinski definition) is 0. The number of carbonyl (C=O) groups excluding carboxylic acids is 6. The van der Waals surface area contributed by atoms with Gasteiger partial charge in [0.15, 0.2) is 0 Å². The van der Waals surface area contributed by atoms with Gasteiger partial charge in [0.25, 0.3) is 0 Å². The van der Waals surface area contributed by atoms with Crippen LogP contribution in [0.2, 0.25) is 0 Å². The molecule has 1 aliphatic heterocycles. The van der Waals surface area contributed by atoms with Gasteiger partial charge < -0.3 is 52.5 Å². The quantitative estimate of drug-likeness (QED) is 0.336. The molecule has 0 aromatic heterocycles. The molecule has 1 aliphatic rings. The Kier molecular flexibility index (Phi) is 36.5. The Balaban J connectivity index is -0.000000211. The van der Waals surface area contributed by atoms with Crippen LogP contribution in [0, 0.1) is 19.3 Å². The van der Waals surface area contributed by atoms with Gasteiger partial charge in [0.05, 0.1) is 66.1 Å². The normalized spacial score (nSPS) is 14.1. The third-order valence-electron chi connectivity index (χ3n) is 3.08. The third-order valence-corrected chi connectivity index (χ3v) is 3.08. The molecule has 0 N–H and O–H groups in total. The van der Waals surface area contributed by atoms with Gasteiger partial charge in [0, 0.05) is 53.3 Å². The Morgan fingerprint density at radius 2 is 0.459 bits per heavy atom. The molecule has 37 heavy (non-hydrogen) atoms. The molecular formula is C25H41O11V-3. The summed E-state index contributed by atoms with van der Waals surface area (Å²) in [5.74, 6) is -1.12. The summed E-state index contributed by atoms with van der Waals surface area (Å²) in [5, 5.41) is 0. The van der Waals surface area contributed by atoms with Gasteiger partial charge in [-0.2, -0.15) is 0 Å². The van der Waals surface area contributed by atoms with Crippen LogP contribution in [-0.2, 0) is 71.0 Å². The molecule has 0 aromatic rings. The molecule has 0 spiro atoms. The van der Waals surface area contributed by atoms with Crippen LogP contribution in [0.3, 0.4) is 0 Å². The maximum Gasteiger partial charge on any atom is 0.0701 e. The van der Waals surface area contributed by atoms with Gasteiger partial charge in [-0.05, 0) is 41.5 Å². The molecule has 11 nitrogen and oxygen atoms in total. The summed E-state index contributed by atoms with van der Waals surface area (Å²) in [6.45, 7) is 14.2. The van der Waals surface area contributed by atoms with Crippen LogP contribution < -0.4 is 0 Å². The summed E-state index contributed by atoms with van der Waals surface area (Å²) >= 11 is 0. The predicted molar refractivity (Wildman–Crippen MR) is 131 cm³/mol. The molecule has 0 amide bonds. The molecule has 0 bridgehead atoms. The maximum atomic E-state index is 9.98. The van der Waals surface area contributed by atoms with Crippen molar-refractivity contribution in [2.75, 3.05) is 66.1 Å². The largest absolute Gasteiger partial charge is 0.377 e. The molecule has 1 radical (unpaired) electrons. The fourth-order valence-corrected chi connectivity index (χ4v) is 1.96. The van der Waals surface area contributed by atoms with Crippen molar-refractivity contribution < 1.29 is 71.0 Å². The van der Waals surface area contributed by atoms with Crippen molar-refractivity contribution in [1.82, 2.24) is 0 Å². The second kappa shape index (κ2) is 32.0. The Morgan fingerprint density at radius 3 is 0.514 bits per heavy atom. The number of carbonyl (C=O) groups is 6. The first-order valence-electron chi connectivity index (χ1n) is 11.3. The van der Waals surface area contributed by atoms with Gasteiger partial charge in [-0.15, -0.1) is 0 Å². The summed E-state index contributed by atoms with van der Waals surface area (Å²) in [7, 11) is 0. The smallest absolute Gasteiger partial charge is 0.0701 e. The van der Waals surface area contributed by atoms with E-state index in [4.69, 9.17) is 23.7 Å². The molecule has 1 rings (SSSR count). The molecule has 0 atom stereocenters. The molecule has 215 valence electrons. The van der Waals surface area contributed by atoms with Crippen molar-refractivity contribution in [3.05, 3.63) is 19.3 Å². The van der Waals surface area contributed by atoms with E-state index in [1.807, 2.05) is 0 Å². The van der Waals surface area contributed by atoms with Gasteiger partial charge in [-0.1, -0.05) is 0 Å². The zero-order chi connectivity index (χ0) is 28.2. The Bertz CT molecular complexity index is 480. The summed E-state index contributed by atoms with van der Waals surface area (Å²) < 4.78 is 26.4. The summed E-state index contributed by atoms with van der Waals surface area (Å²) in [5.41, 5.74) is 0. The van der Waals surface area contributed by atoms with E-state index in [0.29, 0.717) is 66.1 Å². The van der Waals surface area contributed by atoms with Crippen LogP contribution in [0.15, 0.2) is 0 Å². The Labute approximate surface area is 232 Å². The van der Waals surface area contributed by atoms with E-state index in [0.717, 1.165) is 19.3 Å². The number of rotatable bonds is 6. The minimum atomic E-state index is -0.187. The average molecular weight is 569 g/mol. The minimum Gasteiger partial charge on any atom is -0.377 e. The zero-order valence-corrected chi connectivity index (χ0v) is 24.1. The van der Waals surface area contributed by atoms with E-state index in [1.54, 1.807) is 0 Å². The van der Waals surface area contributed by atoms with E-state index in [2.05, 4.69) is 0 Å². The molecule has 1 fully saturated rings. The average Bonchev–Trinajstić information content (AvgIpc) is 2.71. The predicted octanol–water partition coefficient (Wildman–Crippen LogP) is 1.19. The summed E-state index contributed by atoms with van der Waals surface area (Å²) in [6, 6.07) is 0. The second-order valence-electron chi connectivity index (χ2n) is 7.16. The number of Topliss-reactive ketones (excluding diaryl/α,β-unsaturated/α-hetero) is 6. The van der Waals surface area contributed by atoms with E-state index in [9.17, 15) is 28.8 Å². The first kappa shape index (κ1) is 42.1. The van der Waals surface area contributed by atoms with Gasteiger partial charge in [0.2, 0.25) is 0 Å². The van der Waals surface area contributed by atoms with Gasteiger partial charge in [0.1, 0.15) is 0 Å². The topological polar surface area (TPSA) is 149 Å². The number of ketones is 6. The van der Waals surface area contributed by atoms with Crippen molar-refractivity contribution in [3.8, 4) is 0 Å². The van der Waals surface area contributed by atoms with E-state index in [1.165, 1.54) is 41.5 Å². The maximum absolute atomic E-state index is 9.98. The van der Waals surface area contributed by atoms with Crippen LogP contribution in [-0.4, -0.2) is 101 Å². The van der Waals surface area contributed by atoms with Crippen molar-refractivity contribution in [3.63, 3.8) is 0 Å². The number of ether oxygens (including phenoxy) is 5. The standard InChI is InChI=1S/C10H20O5.3C5H7O2.V/c1-2-12-5-6-14-9-10-15-8-7-13-4-3-11-1;3*1-4(6)3-5(2)7;/h1-10H2;3*3H,1-2H3;/q;3*-1;. The molecule has 12 heteroatoms. The van der Waals surface area contributed by atoms with Gasteiger partial charge in [-0.25, -0.2) is 0 Å². The minimum absolute atomic E-state index is 0. The first-order valence-corrected chi connectivity index (χ1v) is 11.3. The van der Waals surface area contributed by atoms with E-state index >= 15 is 0 Å². The van der Waals surface area contributed by atoms with E-state index in [-0.39, 0.29) is 53.3 Å². The van der Waals surface area contributed by atoms with Crippen LogP contribution >= 0.6 is 0 Å². The molecule has 0 aliphatic carbocycles. The molecule has 1 heterocycles. The van der Waals surface area contributed by atoms with Gasteiger partial charge >= 0.3 is 0 Å². The van der Waals surface area contributed by atoms with E-state index < -0.39 is 0 Å². The molecule has 1 saturated heterocycles. The van der Waals surface area contributed by atoms with Crippen LogP contribution in [0.25, 0.3) is 0 Å². The fraction of sp³-hybridized carbons (Fsp3) is 0.640. The number of hydrogen-bond acceptors (Lipinski definition) is 11. The zero-order valence-electron chi connectivity index (χ0n) is 22.7.